The Labute approximate surface area is 138 Å². The summed E-state index contributed by atoms with van der Waals surface area (Å²) >= 11 is 0. The molecular formula is C17H17N3O4. The third-order valence-electron chi connectivity index (χ3n) is 3.21. The van der Waals surface area contributed by atoms with Crippen LogP contribution in [0, 0.1) is 0 Å². The van der Waals surface area contributed by atoms with Gasteiger partial charge in [-0.2, -0.15) is 0 Å². The van der Waals surface area contributed by atoms with Crippen LogP contribution < -0.4 is 16.1 Å². The summed E-state index contributed by atoms with van der Waals surface area (Å²) < 4.78 is 0. The van der Waals surface area contributed by atoms with Crippen molar-refractivity contribution < 1.29 is 19.6 Å². The summed E-state index contributed by atoms with van der Waals surface area (Å²) in [5.74, 6) is -1.83. The smallest absolute Gasteiger partial charge is 0.251 e. The van der Waals surface area contributed by atoms with Gasteiger partial charge in [0.25, 0.3) is 5.91 Å². The quantitative estimate of drug-likeness (QED) is 0.474. The second kappa shape index (κ2) is 8.44. The maximum atomic E-state index is 12.3. The normalized spacial score (nSPS) is 11.2. The number of carbonyl (C=O) groups is 3. The summed E-state index contributed by atoms with van der Waals surface area (Å²) in [5, 5.41) is 13.8. The number of carbonyl (C=O) groups excluding carboxylic acids is 3. The van der Waals surface area contributed by atoms with Crippen LogP contribution in [0.2, 0.25) is 0 Å². The predicted molar refractivity (Wildman–Crippen MR) is 87.3 cm³/mol. The van der Waals surface area contributed by atoms with Crippen LogP contribution in [0.25, 0.3) is 0 Å². The highest BCUT2D eigenvalue weighted by Gasteiger charge is 2.24. The van der Waals surface area contributed by atoms with Gasteiger partial charge in [0.15, 0.2) is 0 Å². The lowest BCUT2D eigenvalue weighted by Gasteiger charge is -2.17. The van der Waals surface area contributed by atoms with Crippen LogP contribution >= 0.6 is 0 Å². The summed E-state index contributed by atoms with van der Waals surface area (Å²) in [6, 6.07) is 15.8. The van der Waals surface area contributed by atoms with Crippen molar-refractivity contribution in [2.24, 2.45) is 0 Å². The molecule has 2 rings (SSSR count). The van der Waals surface area contributed by atoms with Gasteiger partial charge in [0.2, 0.25) is 11.8 Å². The van der Waals surface area contributed by atoms with E-state index in [4.69, 9.17) is 5.21 Å². The van der Waals surface area contributed by atoms with Crippen molar-refractivity contribution in [2.75, 3.05) is 5.32 Å². The summed E-state index contributed by atoms with van der Waals surface area (Å²) in [6.45, 7) is 0. The third-order valence-corrected chi connectivity index (χ3v) is 3.21. The number of para-hydroxylation sites is 1. The molecule has 1 atom stereocenters. The Morgan fingerprint density at radius 2 is 1.50 bits per heavy atom. The van der Waals surface area contributed by atoms with Gasteiger partial charge in [-0.25, -0.2) is 5.48 Å². The second-order valence-corrected chi connectivity index (χ2v) is 4.99. The van der Waals surface area contributed by atoms with Gasteiger partial charge in [-0.15, -0.1) is 0 Å². The Bertz CT molecular complexity index is 704. The van der Waals surface area contributed by atoms with Gasteiger partial charge in [0.05, 0.1) is 6.42 Å². The monoisotopic (exact) mass is 327 g/mol. The SMILES string of the molecule is O=C(C[C@H](NC(=O)c1ccccc1)C(=O)Nc1ccccc1)NO. The summed E-state index contributed by atoms with van der Waals surface area (Å²) in [5.41, 5.74) is 2.35. The van der Waals surface area contributed by atoms with Crippen LogP contribution in [0.5, 0.6) is 0 Å². The first-order valence-corrected chi connectivity index (χ1v) is 7.25. The maximum Gasteiger partial charge on any atom is 0.251 e. The first-order chi connectivity index (χ1) is 11.6. The lowest BCUT2D eigenvalue weighted by atomic mass is 10.1. The van der Waals surface area contributed by atoms with Gasteiger partial charge in [-0.3, -0.25) is 19.6 Å². The minimum absolute atomic E-state index is 0.361. The molecule has 7 nitrogen and oxygen atoms in total. The fraction of sp³-hybridized carbons (Fsp3) is 0.118. The molecule has 0 saturated carbocycles. The van der Waals surface area contributed by atoms with E-state index >= 15 is 0 Å². The molecule has 2 aromatic rings. The molecule has 0 saturated heterocycles. The zero-order chi connectivity index (χ0) is 17.4. The molecule has 0 heterocycles. The predicted octanol–water partition coefficient (Wildman–Crippen LogP) is 1.32. The molecule has 24 heavy (non-hydrogen) atoms. The van der Waals surface area contributed by atoms with E-state index in [9.17, 15) is 14.4 Å². The summed E-state index contributed by atoms with van der Waals surface area (Å²) in [7, 11) is 0. The first-order valence-electron chi connectivity index (χ1n) is 7.25. The Hall–Kier alpha value is -3.19. The van der Waals surface area contributed by atoms with Crippen molar-refractivity contribution in [1.82, 2.24) is 10.8 Å². The molecule has 0 radical (unpaired) electrons. The van der Waals surface area contributed by atoms with E-state index in [1.807, 2.05) is 0 Å². The van der Waals surface area contributed by atoms with E-state index in [2.05, 4.69) is 10.6 Å². The molecule has 0 aliphatic carbocycles. The number of anilines is 1. The molecule has 0 bridgehead atoms. The molecule has 0 spiro atoms. The van der Waals surface area contributed by atoms with Crippen molar-refractivity contribution in [3.63, 3.8) is 0 Å². The number of rotatable bonds is 6. The Balaban J connectivity index is 2.10. The average Bonchev–Trinajstić information content (AvgIpc) is 2.62. The molecular weight excluding hydrogens is 310 g/mol. The van der Waals surface area contributed by atoms with Gasteiger partial charge in [0, 0.05) is 11.3 Å². The molecule has 0 aliphatic heterocycles. The summed E-state index contributed by atoms with van der Waals surface area (Å²) in [4.78, 5) is 35.9. The minimum atomic E-state index is -1.13. The highest BCUT2D eigenvalue weighted by molar-refractivity contribution is 6.02. The van der Waals surface area contributed by atoms with Crippen molar-refractivity contribution in [2.45, 2.75) is 12.5 Å². The molecule has 3 amide bonds. The Kier molecular flexibility index (Phi) is 6.04. The maximum absolute atomic E-state index is 12.3. The van der Waals surface area contributed by atoms with Gasteiger partial charge in [-0.05, 0) is 24.3 Å². The number of hydroxylamine groups is 1. The van der Waals surface area contributed by atoms with E-state index in [1.165, 1.54) is 5.48 Å². The van der Waals surface area contributed by atoms with Gasteiger partial charge < -0.3 is 10.6 Å². The zero-order valence-corrected chi connectivity index (χ0v) is 12.7. The standard InChI is InChI=1S/C17H17N3O4/c21-15(20-24)11-14(17(23)18-13-9-5-2-6-10-13)19-16(22)12-7-3-1-4-8-12/h1-10,14,24H,11H2,(H,18,23)(H,19,22)(H,20,21)/t14-/m0/s1. The molecule has 4 N–H and O–H groups in total. The van der Waals surface area contributed by atoms with Crippen molar-refractivity contribution >= 4 is 23.4 Å². The second-order valence-electron chi connectivity index (χ2n) is 4.99. The number of benzene rings is 2. The van der Waals surface area contributed by atoms with E-state index in [0.29, 0.717) is 11.3 Å². The van der Waals surface area contributed by atoms with E-state index < -0.39 is 30.2 Å². The third kappa shape index (κ3) is 4.92. The lowest BCUT2D eigenvalue weighted by molar-refractivity contribution is -0.131. The van der Waals surface area contributed by atoms with Gasteiger partial charge >= 0.3 is 0 Å². The van der Waals surface area contributed by atoms with Crippen molar-refractivity contribution in [3.8, 4) is 0 Å². The van der Waals surface area contributed by atoms with Crippen LogP contribution in [-0.2, 0) is 9.59 Å². The number of hydrogen-bond acceptors (Lipinski definition) is 4. The number of amides is 3. The van der Waals surface area contributed by atoms with Crippen LogP contribution in [0.15, 0.2) is 60.7 Å². The van der Waals surface area contributed by atoms with Gasteiger partial charge in [0.1, 0.15) is 6.04 Å². The van der Waals surface area contributed by atoms with Crippen molar-refractivity contribution in [3.05, 3.63) is 66.2 Å². The highest BCUT2D eigenvalue weighted by atomic mass is 16.5. The topological polar surface area (TPSA) is 108 Å². The van der Waals surface area contributed by atoms with E-state index in [0.717, 1.165) is 0 Å². The first kappa shape index (κ1) is 17.2. The summed E-state index contributed by atoms with van der Waals surface area (Å²) in [6.07, 6.45) is -0.395. The fourth-order valence-corrected chi connectivity index (χ4v) is 2.02. The molecule has 2 aromatic carbocycles. The van der Waals surface area contributed by atoms with Crippen molar-refractivity contribution in [1.29, 1.82) is 0 Å². The molecule has 7 heteroatoms. The Morgan fingerprint density at radius 1 is 0.917 bits per heavy atom. The highest BCUT2D eigenvalue weighted by Crippen LogP contribution is 2.08. The molecule has 0 aromatic heterocycles. The van der Waals surface area contributed by atoms with Crippen LogP contribution in [0.4, 0.5) is 5.69 Å². The van der Waals surface area contributed by atoms with E-state index in [1.54, 1.807) is 60.7 Å². The largest absolute Gasteiger partial charge is 0.340 e. The van der Waals surface area contributed by atoms with Crippen LogP contribution in [0.3, 0.4) is 0 Å². The molecule has 124 valence electrons. The average molecular weight is 327 g/mol. The zero-order valence-electron chi connectivity index (χ0n) is 12.7. The Morgan fingerprint density at radius 3 is 2.08 bits per heavy atom. The molecule has 0 unspecified atom stereocenters. The lowest BCUT2D eigenvalue weighted by Crippen LogP contribution is -2.46. The van der Waals surface area contributed by atoms with Crippen LogP contribution in [0.1, 0.15) is 16.8 Å². The number of nitrogens with one attached hydrogen (secondary N) is 3. The molecule has 0 fully saturated rings. The fourth-order valence-electron chi connectivity index (χ4n) is 2.02. The van der Waals surface area contributed by atoms with Crippen LogP contribution in [-0.4, -0.2) is 29.0 Å². The van der Waals surface area contributed by atoms with Gasteiger partial charge in [-0.1, -0.05) is 36.4 Å². The minimum Gasteiger partial charge on any atom is -0.340 e. The van der Waals surface area contributed by atoms with E-state index in [-0.39, 0.29) is 0 Å². The number of hydrogen-bond donors (Lipinski definition) is 4. The molecule has 0 aliphatic rings.